The highest BCUT2D eigenvalue weighted by Crippen LogP contribution is 2.44. The van der Waals surface area contributed by atoms with Crippen molar-refractivity contribution in [1.82, 2.24) is 20.7 Å². The maximum absolute atomic E-state index is 12.4. The van der Waals surface area contributed by atoms with Crippen LogP contribution in [0.2, 0.25) is 0 Å². The van der Waals surface area contributed by atoms with Crippen molar-refractivity contribution in [1.29, 1.82) is 0 Å². The maximum atomic E-state index is 12.4. The lowest BCUT2D eigenvalue weighted by Gasteiger charge is -2.25. The number of halogens is 1. The zero-order chi connectivity index (χ0) is 24.8. The van der Waals surface area contributed by atoms with Crippen LogP contribution < -0.4 is 10.7 Å². The molecule has 2 unspecified atom stereocenters. The number of hydrogen-bond donors (Lipinski definition) is 3. The topological polar surface area (TPSA) is 120 Å². The monoisotopic (exact) mass is 582 g/mol. The number of aliphatic hydroxyl groups excluding tert-OH is 1. The summed E-state index contributed by atoms with van der Waals surface area (Å²) in [5.41, 5.74) is 6.73. The molecular formula is C23H27IN4O6. The van der Waals surface area contributed by atoms with Gasteiger partial charge in [-0.25, -0.2) is 20.0 Å². The third kappa shape index (κ3) is 5.96. The van der Waals surface area contributed by atoms with Gasteiger partial charge in [-0.3, -0.25) is 7.86 Å². The molecule has 0 spiro atoms. The van der Waals surface area contributed by atoms with E-state index < -0.39 is 30.4 Å². The van der Waals surface area contributed by atoms with Crippen molar-refractivity contribution in [2.24, 2.45) is 0 Å². The molecule has 0 saturated heterocycles. The summed E-state index contributed by atoms with van der Waals surface area (Å²) in [6.45, 7) is 1.54. The zero-order valence-corrected chi connectivity index (χ0v) is 21.2. The van der Waals surface area contributed by atoms with E-state index in [-0.39, 0.29) is 19.1 Å². The van der Waals surface area contributed by atoms with E-state index in [1.165, 1.54) is 48.9 Å². The zero-order valence-electron chi connectivity index (χ0n) is 19.0. The molecule has 182 valence electrons. The van der Waals surface area contributed by atoms with Crippen molar-refractivity contribution in [3.05, 3.63) is 59.7 Å². The summed E-state index contributed by atoms with van der Waals surface area (Å²) in [4.78, 5) is 38.3. The van der Waals surface area contributed by atoms with E-state index in [9.17, 15) is 19.5 Å². The van der Waals surface area contributed by atoms with Crippen molar-refractivity contribution in [2.45, 2.75) is 25.2 Å². The number of carbonyl (C=O) groups is 3. The molecule has 11 heteroatoms. The van der Waals surface area contributed by atoms with Crippen LogP contribution in [0, 0.1) is 0 Å². The van der Waals surface area contributed by atoms with Crippen LogP contribution in [-0.4, -0.2) is 72.6 Å². The number of nitrogens with zero attached hydrogens (tertiary/aromatic N) is 2. The predicted molar refractivity (Wildman–Crippen MR) is 133 cm³/mol. The molecule has 0 radical (unpaired) electrons. The van der Waals surface area contributed by atoms with Gasteiger partial charge in [-0.15, -0.1) is 0 Å². The summed E-state index contributed by atoms with van der Waals surface area (Å²) in [5.74, 6) is -0.539. The van der Waals surface area contributed by atoms with E-state index in [1.54, 1.807) is 0 Å². The summed E-state index contributed by atoms with van der Waals surface area (Å²) in [6, 6.07) is 14.4. The van der Waals surface area contributed by atoms with Crippen LogP contribution in [0.15, 0.2) is 48.5 Å². The number of benzene rings is 2. The van der Waals surface area contributed by atoms with E-state index in [0.29, 0.717) is 0 Å². The molecule has 4 amide bonds. The van der Waals surface area contributed by atoms with Gasteiger partial charge in [-0.1, -0.05) is 48.5 Å². The lowest BCUT2D eigenvalue weighted by atomic mass is 9.98. The number of amides is 4. The largest absolute Gasteiger partial charge is 0.447 e. The summed E-state index contributed by atoms with van der Waals surface area (Å²) >= 11 is 1.53. The molecule has 0 fully saturated rings. The SMILES string of the molecule is CC(NC(=O)N(C)NC(=O)OCC1c2ccccc2-c2ccccc21)C(=O)N(C)CC(O)OI. The highest BCUT2D eigenvalue weighted by atomic mass is 127. The number of aliphatic hydroxyl groups is 1. The Kier molecular flexibility index (Phi) is 8.69. The summed E-state index contributed by atoms with van der Waals surface area (Å²) < 4.78 is 10.1. The highest BCUT2D eigenvalue weighted by Gasteiger charge is 2.29. The first-order chi connectivity index (χ1) is 16.2. The van der Waals surface area contributed by atoms with Crippen LogP contribution in [0.3, 0.4) is 0 Å². The molecule has 0 saturated carbocycles. The molecule has 0 aliphatic heterocycles. The minimum absolute atomic E-state index is 0.0597. The molecule has 0 heterocycles. The van der Waals surface area contributed by atoms with Crippen LogP contribution in [-0.2, 0) is 12.6 Å². The third-order valence-corrected chi connectivity index (χ3v) is 6.11. The fraction of sp³-hybridized carbons (Fsp3) is 0.348. The Bertz CT molecular complexity index is 1010. The summed E-state index contributed by atoms with van der Waals surface area (Å²) in [5, 5.41) is 12.9. The second-order valence-corrected chi connectivity index (χ2v) is 8.44. The van der Waals surface area contributed by atoms with Gasteiger partial charge in [0.15, 0.2) is 6.29 Å². The first-order valence-corrected chi connectivity index (χ1v) is 11.5. The Labute approximate surface area is 211 Å². The van der Waals surface area contributed by atoms with Crippen molar-refractivity contribution in [2.75, 3.05) is 27.2 Å². The van der Waals surface area contributed by atoms with Crippen LogP contribution in [0.25, 0.3) is 11.1 Å². The van der Waals surface area contributed by atoms with E-state index >= 15 is 0 Å². The Morgan fingerprint density at radius 3 is 2.18 bits per heavy atom. The number of likely N-dealkylation sites (N-methyl/N-ethyl adjacent to an activating group) is 1. The minimum atomic E-state index is -1.14. The molecule has 3 N–H and O–H groups in total. The predicted octanol–water partition coefficient (Wildman–Crippen LogP) is 2.61. The lowest BCUT2D eigenvalue weighted by molar-refractivity contribution is -0.135. The van der Waals surface area contributed by atoms with Crippen LogP contribution in [0.1, 0.15) is 24.0 Å². The first kappa shape index (κ1) is 25.7. The normalized spacial score (nSPS) is 13.8. The van der Waals surface area contributed by atoms with Gasteiger partial charge < -0.3 is 20.1 Å². The van der Waals surface area contributed by atoms with E-state index in [0.717, 1.165) is 27.3 Å². The number of ether oxygens (including phenoxy) is 1. The molecule has 3 rings (SSSR count). The van der Waals surface area contributed by atoms with Crippen LogP contribution in [0.5, 0.6) is 0 Å². The van der Waals surface area contributed by atoms with E-state index in [4.69, 9.17) is 4.74 Å². The number of hydrazine groups is 1. The average molecular weight is 582 g/mol. The molecule has 0 bridgehead atoms. The quantitative estimate of drug-likeness (QED) is 0.263. The van der Waals surface area contributed by atoms with E-state index in [1.807, 2.05) is 48.5 Å². The van der Waals surface area contributed by atoms with Gasteiger partial charge in [0.25, 0.3) is 0 Å². The van der Waals surface area contributed by atoms with Gasteiger partial charge in [-0.05, 0) is 29.2 Å². The molecule has 1 aliphatic carbocycles. The molecular weight excluding hydrogens is 555 g/mol. The second-order valence-electron chi connectivity index (χ2n) is 7.93. The van der Waals surface area contributed by atoms with Crippen molar-refractivity contribution in [3.8, 4) is 11.1 Å². The lowest BCUT2D eigenvalue weighted by Crippen LogP contribution is -2.54. The van der Waals surface area contributed by atoms with Crippen LogP contribution in [0.4, 0.5) is 9.59 Å². The van der Waals surface area contributed by atoms with Gasteiger partial charge in [-0.2, -0.15) is 0 Å². The Morgan fingerprint density at radius 1 is 1.06 bits per heavy atom. The van der Waals surface area contributed by atoms with Crippen molar-refractivity contribution >= 4 is 41.0 Å². The van der Waals surface area contributed by atoms with Crippen molar-refractivity contribution < 1.29 is 27.3 Å². The van der Waals surface area contributed by atoms with Crippen molar-refractivity contribution in [3.63, 3.8) is 0 Å². The second kappa shape index (κ2) is 11.5. The molecule has 2 aromatic rings. The Hall–Kier alpha value is -2.90. The third-order valence-electron chi connectivity index (χ3n) is 5.53. The van der Waals surface area contributed by atoms with Crippen LogP contribution >= 0.6 is 23.0 Å². The number of fused-ring (bicyclic) bond motifs is 3. The summed E-state index contributed by atoms with van der Waals surface area (Å²) in [7, 11) is 2.81. The number of rotatable bonds is 7. The molecule has 2 atom stereocenters. The standard InChI is InChI=1S/C23H27IN4O6/c1-14(21(30)27(2)12-20(29)34-24)25-22(31)28(3)26-23(32)33-13-19-17-10-6-4-8-15(17)16-9-5-7-11-18(16)19/h4-11,14,19-20,29H,12-13H2,1-3H3,(H,25,31)(H,26,32). The number of urea groups is 1. The molecule has 2 aromatic carbocycles. The van der Waals surface area contributed by atoms with E-state index in [2.05, 4.69) is 13.8 Å². The number of nitrogens with one attached hydrogen (secondary N) is 2. The average Bonchev–Trinajstić information content (AvgIpc) is 3.15. The van der Waals surface area contributed by atoms with Gasteiger partial charge in [0.1, 0.15) is 35.7 Å². The molecule has 0 aromatic heterocycles. The van der Waals surface area contributed by atoms with Gasteiger partial charge in [0.2, 0.25) is 5.91 Å². The molecule has 1 aliphatic rings. The fourth-order valence-electron chi connectivity index (χ4n) is 3.85. The number of hydrogen-bond acceptors (Lipinski definition) is 6. The molecule has 34 heavy (non-hydrogen) atoms. The van der Waals surface area contributed by atoms with Gasteiger partial charge >= 0.3 is 12.1 Å². The Balaban J connectivity index is 1.51. The van der Waals surface area contributed by atoms with Gasteiger partial charge in [0.05, 0.1) is 6.54 Å². The maximum Gasteiger partial charge on any atom is 0.426 e. The highest BCUT2D eigenvalue weighted by molar-refractivity contribution is 14.1. The number of carbonyl (C=O) groups excluding carboxylic acids is 3. The minimum Gasteiger partial charge on any atom is -0.447 e. The smallest absolute Gasteiger partial charge is 0.426 e. The summed E-state index contributed by atoms with van der Waals surface area (Å²) in [6.07, 6.45) is -1.94. The Morgan fingerprint density at radius 2 is 1.62 bits per heavy atom. The van der Waals surface area contributed by atoms with Gasteiger partial charge in [0, 0.05) is 20.0 Å². The first-order valence-electron chi connectivity index (χ1n) is 10.6. The fourth-order valence-corrected chi connectivity index (χ4v) is 4.01. The molecule has 10 nitrogen and oxygen atoms in total.